The monoisotopic (exact) mass is 763 g/mol. The van der Waals surface area contributed by atoms with E-state index in [9.17, 15) is 24.3 Å². The minimum absolute atomic E-state index is 0.108. The fourth-order valence-corrected chi connectivity index (χ4v) is 11.1. The predicted octanol–water partition coefficient (Wildman–Crippen LogP) is 6.22. The molecule has 4 aromatic rings. The number of hydrogen-bond donors (Lipinski definition) is 2. The molecule has 1 aliphatic carbocycles. The molecule has 0 spiro atoms. The molecule has 10 heteroatoms. The molecule has 0 saturated carbocycles. The maximum absolute atomic E-state index is 13.5. The maximum Gasteiger partial charge on any atom is 0.262 e. The van der Waals surface area contributed by atoms with Crippen molar-refractivity contribution >= 4 is 35.0 Å². The second-order valence-corrected chi connectivity index (χ2v) is 17.1. The summed E-state index contributed by atoms with van der Waals surface area (Å²) in [5.74, 6) is -0.243. The number of imide groups is 2. The number of fused-ring (bicyclic) bond motifs is 4. The van der Waals surface area contributed by atoms with Crippen LogP contribution in [-0.4, -0.2) is 89.4 Å². The fourth-order valence-electron chi connectivity index (χ4n) is 11.1. The molecule has 5 heterocycles. The molecule has 4 fully saturated rings. The summed E-state index contributed by atoms with van der Waals surface area (Å²) in [6.45, 7) is 5.17. The molecule has 2 N–H and O–H groups in total. The Labute approximate surface area is 333 Å². The third-order valence-corrected chi connectivity index (χ3v) is 13.8. The molecule has 6 aliphatic rings. The zero-order valence-corrected chi connectivity index (χ0v) is 32.2. The summed E-state index contributed by atoms with van der Waals surface area (Å²) >= 11 is 0. The highest BCUT2D eigenvalue weighted by atomic mass is 16.3. The van der Waals surface area contributed by atoms with E-state index in [1.165, 1.54) is 27.9 Å². The molecule has 5 atom stereocenters. The van der Waals surface area contributed by atoms with Gasteiger partial charge in [0, 0.05) is 68.5 Å². The number of piperidine rings is 2. The number of likely N-dealkylation sites (tertiary alicyclic amines) is 1. The molecular formula is C47H49N5O5. The number of rotatable bonds is 7. The second kappa shape index (κ2) is 14.5. The van der Waals surface area contributed by atoms with Crippen molar-refractivity contribution in [1.29, 1.82) is 0 Å². The quantitative estimate of drug-likeness (QED) is 0.214. The zero-order chi connectivity index (χ0) is 38.8. The summed E-state index contributed by atoms with van der Waals surface area (Å²) in [6, 6.07) is 31.4. The third kappa shape index (κ3) is 6.48. The van der Waals surface area contributed by atoms with Crippen LogP contribution in [0.4, 0.5) is 11.4 Å². The van der Waals surface area contributed by atoms with Crippen LogP contribution in [0, 0.1) is 5.92 Å². The first kappa shape index (κ1) is 35.9. The van der Waals surface area contributed by atoms with Gasteiger partial charge in [0.2, 0.25) is 11.8 Å². The van der Waals surface area contributed by atoms with E-state index in [4.69, 9.17) is 0 Å². The Morgan fingerprint density at radius 3 is 2.12 bits per heavy atom. The van der Waals surface area contributed by atoms with Gasteiger partial charge in [-0.15, -0.1) is 0 Å². The van der Waals surface area contributed by atoms with E-state index >= 15 is 0 Å². The van der Waals surface area contributed by atoms with Gasteiger partial charge in [-0.2, -0.15) is 0 Å². The lowest BCUT2D eigenvalue weighted by Gasteiger charge is -2.44. The van der Waals surface area contributed by atoms with Gasteiger partial charge in [-0.25, -0.2) is 0 Å². The number of anilines is 2. The predicted molar refractivity (Wildman–Crippen MR) is 218 cm³/mol. The number of benzene rings is 4. The summed E-state index contributed by atoms with van der Waals surface area (Å²) in [4.78, 5) is 59.8. The molecule has 57 heavy (non-hydrogen) atoms. The van der Waals surface area contributed by atoms with Crippen molar-refractivity contribution in [2.45, 2.75) is 81.3 Å². The Morgan fingerprint density at radius 2 is 1.39 bits per heavy atom. The van der Waals surface area contributed by atoms with Gasteiger partial charge in [-0.05, 0) is 121 Å². The molecule has 4 amide bonds. The summed E-state index contributed by atoms with van der Waals surface area (Å²) in [5.41, 5.74) is 8.22. The number of carbonyl (C=O) groups is 4. The van der Waals surface area contributed by atoms with Crippen LogP contribution in [0.3, 0.4) is 0 Å². The van der Waals surface area contributed by atoms with Crippen molar-refractivity contribution in [3.05, 3.63) is 124 Å². The van der Waals surface area contributed by atoms with Crippen LogP contribution in [0.15, 0.2) is 91.0 Å². The molecule has 292 valence electrons. The highest BCUT2D eigenvalue weighted by Crippen LogP contribution is 2.47. The van der Waals surface area contributed by atoms with Crippen LogP contribution >= 0.6 is 0 Å². The highest BCUT2D eigenvalue weighted by Gasteiger charge is 2.46. The molecule has 0 radical (unpaired) electrons. The molecule has 10 rings (SSSR count). The number of piperazine rings is 1. The molecule has 3 unspecified atom stereocenters. The van der Waals surface area contributed by atoms with Gasteiger partial charge in [-0.1, -0.05) is 48.5 Å². The second-order valence-electron chi connectivity index (χ2n) is 17.1. The van der Waals surface area contributed by atoms with Crippen LogP contribution < -0.4 is 15.1 Å². The van der Waals surface area contributed by atoms with Crippen molar-refractivity contribution < 1.29 is 24.3 Å². The van der Waals surface area contributed by atoms with Gasteiger partial charge in [-0.3, -0.25) is 34.3 Å². The van der Waals surface area contributed by atoms with Crippen LogP contribution in [0.5, 0.6) is 5.75 Å². The smallest absolute Gasteiger partial charge is 0.262 e. The van der Waals surface area contributed by atoms with Crippen molar-refractivity contribution in [2.24, 2.45) is 5.92 Å². The molecular weight excluding hydrogens is 715 g/mol. The highest BCUT2D eigenvalue weighted by molar-refractivity contribution is 6.23. The lowest BCUT2D eigenvalue weighted by atomic mass is 9.69. The van der Waals surface area contributed by atoms with E-state index in [-0.39, 0.29) is 24.7 Å². The molecule has 4 saturated heterocycles. The topological polar surface area (TPSA) is 114 Å². The normalized spacial score (nSPS) is 26.5. The van der Waals surface area contributed by atoms with Crippen LogP contribution in [0.25, 0.3) is 0 Å². The Balaban J connectivity index is 0.766. The summed E-state index contributed by atoms with van der Waals surface area (Å²) in [7, 11) is 0. The number of phenolic OH excluding ortho intramolecular Hbond substituents is 1. The zero-order valence-electron chi connectivity index (χ0n) is 32.2. The number of aryl methyl sites for hydroxylation is 1. The maximum atomic E-state index is 13.5. The van der Waals surface area contributed by atoms with Crippen molar-refractivity contribution in [3.63, 3.8) is 0 Å². The average molecular weight is 764 g/mol. The van der Waals surface area contributed by atoms with Crippen molar-refractivity contribution in [2.75, 3.05) is 42.5 Å². The van der Waals surface area contributed by atoms with Gasteiger partial charge >= 0.3 is 0 Å². The van der Waals surface area contributed by atoms with Gasteiger partial charge in [0.25, 0.3) is 11.8 Å². The first-order valence-electron chi connectivity index (χ1n) is 20.9. The van der Waals surface area contributed by atoms with E-state index in [0.29, 0.717) is 40.8 Å². The van der Waals surface area contributed by atoms with E-state index in [0.717, 1.165) is 81.8 Å². The van der Waals surface area contributed by atoms with E-state index in [1.54, 1.807) is 6.07 Å². The number of amides is 4. The lowest BCUT2D eigenvalue weighted by Crippen LogP contribution is -2.55. The summed E-state index contributed by atoms with van der Waals surface area (Å²) in [5, 5.41) is 12.5. The molecule has 5 aliphatic heterocycles. The largest absolute Gasteiger partial charge is 0.508 e. The number of nitrogens with zero attached hydrogens (tertiary/aromatic N) is 4. The molecule has 10 nitrogen and oxygen atoms in total. The van der Waals surface area contributed by atoms with Gasteiger partial charge < -0.3 is 14.9 Å². The van der Waals surface area contributed by atoms with Crippen LogP contribution in [-0.2, 0) is 16.0 Å². The molecule has 4 aromatic carbocycles. The Kier molecular flexibility index (Phi) is 9.12. The van der Waals surface area contributed by atoms with E-state index < -0.39 is 23.8 Å². The average Bonchev–Trinajstić information content (AvgIpc) is 3.64. The van der Waals surface area contributed by atoms with Crippen molar-refractivity contribution in [1.82, 2.24) is 15.1 Å². The summed E-state index contributed by atoms with van der Waals surface area (Å²) in [6.07, 6.45) is 6.82. The van der Waals surface area contributed by atoms with E-state index in [1.807, 2.05) is 24.3 Å². The standard InChI is InChI=1S/C47H49N5O5/c53-37-14-17-39-32(24-37)8-15-38(30-4-2-1-3-5-30)44(39)31-6-9-33(10-7-31)50-22-20-29(21-23-50)26-49-27-35-11-12-36(28-49)51(35)34-13-16-40-41(25-34)47(57)52(46(40)56)42-18-19-43(54)48-45(42)55/h1-7,9-10,13-14,16-17,24-25,29,35-36,38,42,44,53H,8,11-12,15,18-23,26-28H2,(H,48,54,55)/t35?,36?,38-,42?,44+/m1/s1. The summed E-state index contributed by atoms with van der Waals surface area (Å²) < 4.78 is 0. The van der Waals surface area contributed by atoms with Gasteiger partial charge in [0.15, 0.2) is 0 Å². The fraction of sp³-hybridized carbons (Fsp3) is 0.404. The van der Waals surface area contributed by atoms with Crippen molar-refractivity contribution in [3.8, 4) is 5.75 Å². The Morgan fingerprint density at radius 1 is 0.667 bits per heavy atom. The number of hydrogen-bond acceptors (Lipinski definition) is 8. The van der Waals surface area contributed by atoms with Crippen LogP contribution in [0.2, 0.25) is 0 Å². The Bertz CT molecular complexity index is 2220. The molecule has 0 aromatic heterocycles. The minimum atomic E-state index is -0.957. The first-order valence-corrected chi connectivity index (χ1v) is 20.9. The SMILES string of the molecule is O=C1CCC(N2C(=O)c3ccc(N4C5CCC4CN(CC4CCN(c6ccc([C@@H]7c8ccc(O)cc8CC[C@@H]7c7ccccc7)cc6)CC4)C5)cc3C2=O)C(=O)N1. The third-order valence-electron chi connectivity index (χ3n) is 13.8. The first-order chi connectivity index (χ1) is 27.8. The Hall–Kier alpha value is -5.48. The minimum Gasteiger partial charge on any atom is -0.508 e. The number of phenols is 1. The molecule has 2 bridgehead atoms. The van der Waals surface area contributed by atoms with Gasteiger partial charge in [0.1, 0.15) is 11.8 Å². The lowest BCUT2D eigenvalue weighted by molar-refractivity contribution is -0.136. The number of carbonyl (C=O) groups excluding carboxylic acids is 4. The van der Waals surface area contributed by atoms with Crippen LogP contribution in [0.1, 0.15) is 99.8 Å². The van der Waals surface area contributed by atoms with Gasteiger partial charge in [0.05, 0.1) is 11.1 Å². The number of nitrogens with one attached hydrogen (secondary N) is 1. The number of aromatic hydroxyl groups is 1. The van der Waals surface area contributed by atoms with E-state index in [2.05, 4.69) is 80.7 Å².